The lowest BCUT2D eigenvalue weighted by Crippen LogP contribution is -2.51. The van der Waals surface area contributed by atoms with Crippen molar-refractivity contribution >= 4 is 0 Å². The normalized spacial score (nSPS) is 31.4. The third kappa shape index (κ3) is 1.60. The minimum Gasteiger partial charge on any atom is -0.314 e. The highest BCUT2D eigenvalue weighted by atomic mass is 15.3. The summed E-state index contributed by atoms with van der Waals surface area (Å²) >= 11 is 0. The van der Waals surface area contributed by atoms with Crippen LogP contribution in [0.5, 0.6) is 0 Å². The van der Waals surface area contributed by atoms with Crippen LogP contribution < -0.4 is 5.32 Å². The molecule has 1 aliphatic carbocycles. The molecule has 0 aromatic rings. The summed E-state index contributed by atoms with van der Waals surface area (Å²) < 4.78 is 0. The molecule has 12 heavy (non-hydrogen) atoms. The Morgan fingerprint density at radius 1 is 1.50 bits per heavy atom. The highest BCUT2D eigenvalue weighted by molar-refractivity contribution is 4.95. The molecule has 3 heteroatoms. The largest absolute Gasteiger partial charge is 0.314 e. The van der Waals surface area contributed by atoms with E-state index in [1.807, 2.05) is 0 Å². The number of rotatable bonds is 2. The van der Waals surface area contributed by atoms with Crippen LogP contribution in [-0.4, -0.2) is 36.6 Å². The molecule has 2 aliphatic rings. The summed E-state index contributed by atoms with van der Waals surface area (Å²) in [6, 6.07) is 3.56. The Kier molecular flexibility index (Phi) is 2.29. The Bertz CT molecular complexity index is 192. The molecule has 1 atom stereocenters. The van der Waals surface area contributed by atoms with E-state index >= 15 is 0 Å². The Hall–Kier alpha value is -0.590. The first-order chi connectivity index (χ1) is 5.92. The number of hydrogen-bond donors (Lipinski definition) is 1. The fourth-order valence-electron chi connectivity index (χ4n) is 1.96. The smallest absolute Gasteiger partial charge is 0.0638 e. The van der Waals surface area contributed by atoms with Crippen LogP contribution in [0.25, 0.3) is 0 Å². The highest BCUT2D eigenvalue weighted by Gasteiger charge is 2.34. The maximum atomic E-state index is 8.63. The van der Waals surface area contributed by atoms with Gasteiger partial charge in [0.05, 0.1) is 12.5 Å². The number of nitrogens with one attached hydrogen (secondary N) is 1. The van der Waals surface area contributed by atoms with Gasteiger partial charge in [-0.2, -0.15) is 5.26 Å². The van der Waals surface area contributed by atoms with E-state index in [0.29, 0.717) is 12.5 Å². The summed E-state index contributed by atoms with van der Waals surface area (Å²) in [7, 11) is 0. The average molecular weight is 165 g/mol. The summed E-state index contributed by atoms with van der Waals surface area (Å²) in [5.74, 6) is 0. The molecule has 1 saturated carbocycles. The SMILES string of the molecule is N#CCC1CNCCN1C1CC1. The molecule has 0 aromatic heterocycles. The second kappa shape index (κ2) is 3.42. The molecular formula is C9H15N3. The molecule has 1 aliphatic heterocycles. The van der Waals surface area contributed by atoms with Gasteiger partial charge in [0.25, 0.3) is 0 Å². The van der Waals surface area contributed by atoms with Crippen LogP contribution in [0.15, 0.2) is 0 Å². The minimum atomic E-state index is 0.483. The number of nitriles is 1. The molecule has 0 radical (unpaired) electrons. The van der Waals surface area contributed by atoms with Gasteiger partial charge in [-0.1, -0.05) is 0 Å². The molecule has 0 bridgehead atoms. The molecule has 66 valence electrons. The van der Waals surface area contributed by atoms with Crippen molar-refractivity contribution in [2.45, 2.75) is 31.3 Å². The van der Waals surface area contributed by atoms with Gasteiger partial charge in [-0.3, -0.25) is 4.90 Å². The molecule has 0 aromatic carbocycles. The first-order valence-corrected chi connectivity index (χ1v) is 4.75. The van der Waals surface area contributed by atoms with Crippen LogP contribution in [0, 0.1) is 11.3 Å². The van der Waals surface area contributed by atoms with Crippen LogP contribution in [-0.2, 0) is 0 Å². The van der Waals surface area contributed by atoms with E-state index in [4.69, 9.17) is 5.26 Å². The van der Waals surface area contributed by atoms with E-state index in [1.165, 1.54) is 12.8 Å². The number of hydrogen-bond acceptors (Lipinski definition) is 3. The van der Waals surface area contributed by atoms with Gasteiger partial charge in [0.2, 0.25) is 0 Å². The van der Waals surface area contributed by atoms with Crippen molar-refractivity contribution in [2.24, 2.45) is 0 Å². The quantitative estimate of drug-likeness (QED) is 0.641. The Labute approximate surface area is 73.3 Å². The second-order valence-electron chi connectivity index (χ2n) is 3.69. The minimum absolute atomic E-state index is 0.483. The van der Waals surface area contributed by atoms with Gasteiger partial charge in [-0.25, -0.2) is 0 Å². The van der Waals surface area contributed by atoms with E-state index < -0.39 is 0 Å². The number of piperazine rings is 1. The van der Waals surface area contributed by atoms with Gasteiger partial charge in [0.1, 0.15) is 0 Å². The van der Waals surface area contributed by atoms with Crippen molar-refractivity contribution in [1.82, 2.24) is 10.2 Å². The fraction of sp³-hybridized carbons (Fsp3) is 0.889. The van der Waals surface area contributed by atoms with Gasteiger partial charge in [-0.15, -0.1) is 0 Å². The van der Waals surface area contributed by atoms with Gasteiger partial charge in [0.15, 0.2) is 0 Å². The average Bonchev–Trinajstić information content (AvgIpc) is 2.89. The Morgan fingerprint density at radius 3 is 3.00 bits per heavy atom. The van der Waals surface area contributed by atoms with Crippen LogP contribution in [0.1, 0.15) is 19.3 Å². The van der Waals surface area contributed by atoms with Crippen LogP contribution in [0.3, 0.4) is 0 Å². The lowest BCUT2D eigenvalue weighted by Gasteiger charge is -2.34. The molecule has 3 nitrogen and oxygen atoms in total. The zero-order chi connectivity index (χ0) is 8.39. The van der Waals surface area contributed by atoms with Crippen molar-refractivity contribution in [3.63, 3.8) is 0 Å². The molecule has 1 heterocycles. The zero-order valence-corrected chi connectivity index (χ0v) is 7.29. The summed E-state index contributed by atoms with van der Waals surface area (Å²) in [6.45, 7) is 3.24. The predicted octanol–water partition coefficient (Wildman–Crippen LogP) is 0.336. The Balaban J connectivity index is 1.92. The summed E-state index contributed by atoms with van der Waals surface area (Å²) in [4.78, 5) is 2.51. The molecule has 0 amide bonds. The summed E-state index contributed by atoms with van der Waals surface area (Å²) in [6.07, 6.45) is 3.38. The van der Waals surface area contributed by atoms with Crippen molar-refractivity contribution in [3.8, 4) is 6.07 Å². The lowest BCUT2D eigenvalue weighted by atomic mass is 10.1. The van der Waals surface area contributed by atoms with E-state index in [9.17, 15) is 0 Å². The van der Waals surface area contributed by atoms with Crippen molar-refractivity contribution < 1.29 is 0 Å². The second-order valence-corrected chi connectivity index (χ2v) is 3.69. The predicted molar refractivity (Wildman–Crippen MR) is 46.6 cm³/mol. The van der Waals surface area contributed by atoms with E-state index in [-0.39, 0.29) is 0 Å². The standard InChI is InChI=1S/C9H15N3/c10-4-3-9-7-11-5-6-12(9)8-1-2-8/h8-9,11H,1-3,5-7H2. The van der Waals surface area contributed by atoms with E-state index in [1.54, 1.807) is 0 Å². The van der Waals surface area contributed by atoms with Gasteiger partial charge in [-0.05, 0) is 12.8 Å². The molecule has 2 rings (SSSR count). The van der Waals surface area contributed by atoms with Gasteiger partial charge >= 0.3 is 0 Å². The van der Waals surface area contributed by atoms with Crippen LogP contribution in [0.2, 0.25) is 0 Å². The summed E-state index contributed by atoms with van der Waals surface area (Å²) in [5, 5.41) is 12.0. The first-order valence-electron chi connectivity index (χ1n) is 4.75. The van der Waals surface area contributed by atoms with E-state index in [2.05, 4.69) is 16.3 Å². The molecule has 2 fully saturated rings. The topological polar surface area (TPSA) is 39.1 Å². The summed E-state index contributed by atoms with van der Waals surface area (Å²) in [5.41, 5.74) is 0. The lowest BCUT2D eigenvalue weighted by molar-refractivity contribution is 0.154. The van der Waals surface area contributed by atoms with Gasteiger partial charge < -0.3 is 5.32 Å². The maximum absolute atomic E-state index is 8.63. The molecule has 1 N–H and O–H groups in total. The molecule has 1 unspecified atom stereocenters. The maximum Gasteiger partial charge on any atom is 0.0638 e. The first kappa shape index (κ1) is 8.03. The zero-order valence-electron chi connectivity index (χ0n) is 7.29. The van der Waals surface area contributed by atoms with Crippen LogP contribution in [0.4, 0.5) is 0 Å². The highest BCUT2D eigenvalue weighted by Crippen LogP contribution is 2.29. The monoisotopic (exact) mass is 165 g/mol. The third-order valence-electron chi connectivity index (χ3n) is 2.74. The van der Waals surface area contributed by atoms with Crippen molar-refractivity contribution in [1.29, 1.82) is 5.26 Å². The van der Waals surface area contributed by atoms with Crippen molar-refractivity contribution in [2.75, 3.05) is 19.6 Å². The fourth-order valence-corrected chi connectivity index (χ4v) is 1.96. The molecular weight excluding hydrogens is 150 g/mol. The van der Waals surface area contributed by atoms with Gasteiger partial charge in [0, 0.05) is 31.7 Å². The molecule has 1 saturated heterocycles. The van der Waals surface area contributed by atoms with Crippen LogP contribution >= 0.6 is 0 Å². The number of nitrogens with zero attached hydrogens (tertiary/aromatic N) is 2. The van der Waals surface area contributed by atoms with E-state index in [0.717, 1.165) is 25.7 Å². The van der Waals surface area contributed by atoms with Crippen molar-refractivity contribution in [3.05, 3.63) is 0 Å². The Morgan fingerprint density at radius 2 is 2.33 bits per heavy atom. The molecule has 0 spiro atoms. The third-order valence-corrected chi connectivity index (χ3v) is 2.74.